The summed E-state index contributed by atoms with van der Waals surface area (Å²) in [6.45, 7) is 4.64. The second kappa shape index (κ2) is 6.61. The number of benzene rings is 1. The fourth-order valence-corrected chi connectivity index (χ4v) is 2.79. The van der Waals surface area contributed by atoms with E-state index in [1.165, 1.54) is 0 Å². The van der Waals surface area contributed by atoms with Gasteiger partial charge in [0.15, 0.2) is 0 Å². The Kier molecular flexibility index (Phi) is 4.83. The van der Waals surface area contributed by atoms with Gasteiger partial charge in [-0.3, -0.25) is 9.59 Å². The van der Waals surface area contributed by atoms with Gasteiger partial charge in [-0.05, 0) is 24.5 Å². The molecular weight excluding hydrogens is 268 g/mol. The van der Waals surface area contributed by atoms with Crippen LogP contribution in [0.2, 0.25) is 0 Å². The highest BCUT2D eigenvalue weighted by Crippen LogP contribution is 2.35. The third kappa shape index (κ3) is 3.35. The van der Waals surface area contributed by atoms with Gasteiger partial charge in [0.2, 0.25) is 5.91 Å². The van der Waals surface area contributed by atoms with Crippen molar-refractivity contribution in [3.8, 4) is 0 Å². The zero-order valence-electron chi connectivity index (χ0n) is 12.5. The average molecular weight is 290 g/mol. The van der Waals surface area contributed by atoms with Gasteiger partial charge in [-0.15, -0.1) is 0 Å². The summed E-state index contributed by atoms with van der Waals surface area (Å²) in [4.78, 5) is 25.3. The molecule has 0 aromatic heterocycles. The number of anilines is 1. The Balaban J connectivity index is 2.08. The number of carboxylic acid groups (broad SMARTS) is 1. The first-order chi connectivity index (χ1) is 10.1. The van der Waals surface area contributed by atoms with E-state index in [0.29, 0.717) is 6.54 Å². The van der Waals surface area contributed by atoms with Crippen LogP contribution in [-0.4, -0.2) is 36.1 Å². The van der Waals surface area contributed by atoms with Crippen LogP contribution in [0.4, 0.5) is 5.69 Å². The molecule has 21 heavy (non-hydrogen) atoms. The van der Waals surface area contributed by atoms with Gasteiger partial charge in [-0.25, -0.2) is 0 Å². The maximum absolute atomic E-state index is 12.1. The predicted octanol–water partition coefficient (Wildman–Crippen LogP) is 1.98. The highest BCUT2D eigenvalue weighted by Gasteiger charge is 2.34. The molecule has 114 valence electrons. The van der Waals surface area contributed by atoms with Crippen molar-refractivity contribution in [3.63, 3.8) is 0 Å². The van der Waals surface area contributed by atoms with Crippen LogP contribution >= 0.6 is 0 Å². The summed E-state index contributed by atoms with van der Waals surface area (Å²) in [6, 6.07) is 7.60. The quantitative estimate of drug-likeness (QED) is 0.840. The number of hydrogen-bond donors (Lipinski definition) is 2. The summed E-state index contributed by atoms with van der Waals surface area (Å²) in [5, 5.41) is 12.3. The van der Waals surface area contributed by atoms with Gasteiger partial charge in [0.25, 0.3) is 0 Å². The van der Waals surface area contributed by atoms with Crippen LogP contribution in [0.5, 0.6) is 0 Å². The molecule has 1 unspecified atom stereocenters. The van der Waals surface area contributed by atoms with Crippen molar-refractivity contribution in [2.24, 2.45) is 0 Å². The minimum Gasteiger partial charge on any atom is -0.481 e. The zero-order chi connectivity index (χ0) is 15.4. The summed E-state index contributed by atoms with van der Waals surface area (Å²) in [5.41, 5.74) is 1.64. The lowest BCUT2D eigenvalue weighted by Crippen LogP contribution is -2.41. The molecule has 2 rings (SSSR count). The number of hydrogen-bond acceptors (Lipinski definition) is 3. The summed E-state index contributed by atoms with van der Waals surface area (Å²) in [5.74, 6) is -1.45. The second-order valence-electron chi connectivity index (χ2n) is 5.41. The Hall–Kier alpha value is -2.04. The number of carbonyl (C=O) groups is 2. The molecule has 0 radical (unpaired) electrons. The van der Waals surface area contributed by atoms with Crippen LogP contribution in [0, 0.1) is 0 Å². The minimum absolute atomic E-state index is 0.0514. The molecule has 1 amide bonds. The Morgan fingerprint density at radius 3 is 2.62 bits per heavy atom. The summed E-state index contributed by atoms with van der Waals surface area (Å²) < 4.78 is 0. The molecule has 0 saturated carbocycles. The largest absolute Gasteiger partial charge is 0.481 e. The van der Waals surface area contributed by atoms with E-state index >= 15 is 0 Å². The Bertz CT molecular complexity index is 526. The third-order valence-corrected chi connectivity index (χ3v) is 4.04. The van der Waals surface area contributed by atoms with E-state index in [9.17, 15) is 14.7 Å². The number of aliphatic carboxylic acids is 1. The number of carbonyl (C=O) groups excluding carboxylic acids is 1. The van der Waals surface area contributed by atoms with E-state index in [1.807, 2.05) is 43.0 Å². The molecule has 1 aromatic carbocycles. The topological polar surface area (TPSA) is 69.6 Å². The van der Waals surface area contributed by atoms with Crippen molar-refractivity contribution >= 4 is 17.6 Å². The van der Waals surface area contributed by atoms with E-state index < -0.39 is 11.9 Å². The Morgan fingerprint density at radius 2 is 2.00 bits per heavy atom. The third-order valence-electron chi connectivity index (χ3n) is 4.04. The smallest absolute Gasteiger partial charge is 0.312 e. The average Bonchev–Trinajstić information content (AvgIpc) is 2.84. The van der Waals surface area contributed by atoms with Gasteiger partial charge in [0.05, 0.1) is 6.54 Å². The number of carboxylic acids is 1. The minimum atomic E-state index is -0.842. The number of fused-ring (bicyclic) bond motifs is 1. The molecular formula is C16H22N2O3. The predicted molar refractivity (Wildman–Crippen MR) is 81.5 cm³/mol. The van der Waals surface area contributed by atoms with Gasteiger partial charge in [-0.2, -0.15) is 0 Å². The fourth-order valence-electron chi connectivity index (χ4n) is 2.79. The lowest BCUT2D eigenvalue weighted by Gasteiger charge is -2.21. The molecule has 1 atom stereocenters. The van der Waals surface area contributed by atoms with Crippen LogP contribution in [0.1, 0.15) is 38.2 Å². The monoisotopic (exact) mass is 290 g/mol. The van der Waals surface area contributed by atoms with Crippen LogP contribution in [0.3, 0.4) is 0 Å². The molecule has 1 heterocycles. The summed E-state index contributed by atoms with van der Waals surface area (Å²) >= 11 is 0. The van der Waals surface area contributed by atoms with Crippen molar-refractivity contribution < 1.29 is 14.7 Å². The second-order valence-corrected chi connectivity index (χ2v) is 5.41. The molecule has 5 nitrogen and oxygen atoms in total. The van der Waals surface area contributed by atoms with Gasteiger partial charge in [0.1, 0.15) is 5.92 Å². The summed E-state index contributed by atoms with van der Waals surface area (Å²) in [6.07, 6.45) is 1.80. The standard InChI is InChI=1S/C16H22N2O3/c1-3-11(4-2)17-15(19)10-18-9-13(16(20)21)12-7-5-6-8-14(12)18/h5-8,11,13H,3-4,9-10H2,1-2H3,(H,17,19)(H,20,21). The number of para-hydroxylation sites is 1. The highest BCUT2D eigenvalue weighted by atomic mass is 16.4. The number of nitrogens with zero attached hydrogens (tertiary/aromatic N) is 1. The van der Waals surface area contributed by atoms with Gasteiger partial charge in [-0.1, -0.05) is 32.0 Å². The number of amides is 1. The van der Waals surface area contributed by atoms with Crippen LogP contribution in [0.25, 0.3) is 0 Å². The van der Waals surface area contributed by atoms with Crippen molar-refractivity contribution in [2.75, 3.05) is 18.0 Å². The molecule has 0 spiro atoms. The normalized spacial score (nSPS) is 16.9. The van der Waals surface area contributed by atoms with Gasteiger partial charge < -0.3 is 15.3 Å². The van der Waals surface area contributed by atoms with E-state index in [1.54, 1.807) is 0 Å². The van der Waals surface area contributed by atoms with Crippen molar-refractivity contribution in [1.29, 1.82) is 0 Å². The zero-order valence-corrected chi connectivity index (χ0v) is 12.5. The Morgan fingerprint density at radius 1 is 1.33 bits per heavy atom. The van der Waals surface area contributed by atoms with Gasteiger partial charge >= 0.3 is 5.97 Å². The van der Waals surface area contributed by atoms with Crippen molar-refractivity contribution in [3.05, 3.63) is 29.8 Å². The maximum atomic E-state index is 12.1. The molecule has 5 heteroatoms. The Labute approximate surface area is 125 Å². The van der Waals surface area contributed by atoms with E-state index in [0.717, 1.165) is 24.1 Å². The molecule has 0 aliphatic carbocycles. The van der Waals surface area contributed by atoms with Crippen LogP contribution in [-0.2, 0) is 9.59 Å². The molecule has 2 N–H and O–H groups in total. The summed E-state index contributed by atoms with van der Waals surface area (Å²) in [7, 11) is 0. The van der Waals surface area contributed by atoms with Crippen LogP contribution in [0.15, 0.2) is 24.3 Å². The van der Waals surface area contributed by atoms with Crippen LogP contribution < -0.4 is 10.2 Å². The lowest BCUT2D eigenvalue weighted by molar-refractivity contribution is -0.138. The molecule has 0 saturated heterocycles. The first kappa shape index (κ1) is 15.4. The molecule has 1 aliphatic rings. The fraction of sp³-hybridized carbons (Fsp3) is 0.500. The van der Waals surface area contributed by atoms with Gasteiger partial charge in [0, 0.05) is 18.3 Å². The highest BCUT2D eigenvalue weighted by molar-refractivity contribution is 5.87. The first-order valence-corrected chi connectivity index (χ1v) is 7.42. The van der Waals surface area contributed by atoms with Crippen molar-refractivity contribution in [1.82, 2.24) is 5.32 Å². The SMILES string of the molecule is CCC(CC)NC(=O)CN1CC(C(=O)O)c2ccccc21. The van der Waals surface area contributed by atoms with E-state index in [2.05, 4.69) is 5.32 Å². The molecule has 0 fully saturated rings. The van der Waals surface area contributed by atoms with E-state index in [-0.39, 0.29) is 18.5 Å². The molecule has 1 aliphatic heterocycles. The number of nitrogens with one attached hydrogen (secondary N) is 1. The first-order valence-electron chi connectivity index (χ1n) is 7.42. The lowest BCUT2D eigenvalue weighted by atomic mass is 10.0. The number of rotatable bonds is 6. The van der Waals surface area contributed by atoms with Crippen molar-refractivity contribution in [2.45, 2.75) is 38.6 Å². The molecule has 1 aromatic rings. The maximum Gasteiger partial charge on any atom is 0.312 e. The van der Waals surface area contributed by atoms with E-state index in [4.69, 9.17) is 0 Å². The molecule has 0 bridgehead atoms.